The zero-order chi connectivity index (χ0) is 19.0. The third kappa shape index (κ3) is 3.16. The molecule has 0 saturated carbocycles. The molecule has 0 aliphatic carbocycles. The molecule has 0 aromatic carbocycles. The van der Waals surface area contributed by atoms with Crippen molar-refractivity contribution in [3.63, 3.8) is 0 Å². The molecular weight excluding hydrogens is 338 g/mol. The number of pyridine rings is 1. The number of nitrogens with zero attached hydrogens (tertiary/aromatic N) is 5. The lowest BCUT2D eigenvalue weighted by Crippen LogP contribution is -2.47. The number of hydrogen-bond acceptors (Lipinski definition) is 4. The Morgan fingerprint density at radius 3 is 2.85 bits per heavy atom. The van der Waals surface area contributed by atoms with Gasteiger partial charge in [0.15, 0.2) is 5.82 Å². The summed E-state index contributed by atoms with van der Waals surface area (Å²) in [6.07, 6.45) is 9.47. The average molecular weight is 363 g/mol. The first kappa shape index (κ1) is 17.5. The van der Waals surface area contributed by atoms with Crippen molar-refractivity contribution in [1.29, 1.82) is 0 Å². The fraction of sp³-hybridized carbons (Fsp3) is 0.381. The summed E-state index contributed by atoms with van der Waals surface area (Å²) in [7, 11) is 4.03. The van der Waals surface area contributed by atoms with Gasteiger partial charge in [0.05, 0.1) is 16.8 Å². The molecule has 1 aliphatic heterocycles. The lowest BCUT2D eigenvalue weighted by atomic mass is 9.79. The first-order valence-corrected chi connectivity index (χ1v) is 9.33. The van der Waals surface area contributed by atoms with Crippen LogP contribution in [-0.2, 0) is 5.41 Å². The summed E-state index contributed by atoms with van der Waals surface area (Å²) in [5.74, 6) is 0.998. The summed E-state index contributed by atoms with van der Waals surface area (Å²) in [5, 5.41) is 0. The number of fused-ring (bicyclic) bond motifs is 1. The number of hydrogen-bond donors (Lipinski definition) is 0. The normalized spacial score (nSPS) is 20.0. The van der Waals surface area contributed by atoms with Crippen LogP contribution >= 0.6 is 0 Å². The predicted octanol–water partition coefficient (Wildman–Crippen LogP) is 2.99. The maximum Gasteiger partial charge on any atom is 0.255 e. The van der Waals surface area contributed by atoms with E-state index in [0.717, 1.165) is 36.4 Å². The smallest absolute Gasteiger partial charge is 0.255 e. The van der Waals surface area contributed by atoms with Crippen LogP contribution in [0.3, 0.4) is 0 Å². The Labute approximate surface area is 159 Å². The lowest BCUT2D eigenvalue weighted by molar-refractivity contribution is 0.0647. The van der Waals surface area contributed by atoms with Gasteiger partial charge in [0.25, 0.3) is 5.91 Å². The molecule has 0 radical (unpaired) electrons. The van der Waals surface area contributed by atoms with Gasteiger partial charge in [-0.2, -0.15) is 0 Å². The molecule has 1 aliphatic rings. The summed E-state index contributed by atoms with van der Waals surface area (Å²) in [4.78, 5) is 26.0. The summed E-state index contributed by atoms with van der Waals surface area (Å²) in [6.45, 7) is 3.65. The molecule has 1 atom stereocenters. The highest BCUT2D eigenvalue weighted by Crippen LogP contribution is 2.35. The maximum absolute atomic E-state index is 12.9. The Morgan fingerprint density at radius 2 is 2.11 bits per heavy atom. The van der Waals surface area contributed by atoms with Crippen LogP contribution in [0.4, 0.5) is 5.82 Å². The standard InChI is InChI=1S/C21H25N5O/c1-21(18-14-25-11-5-8-17(25)19(23-18)24(2)3)9-6-12-26(15-21)20(27)16-7-4-10-22-13-16/h4-5,7-8,10-11,13-14H,6,9,12,15H2,1-3H3/t21-/m0/s1. The Bertz CT molecular complexity index is 965. The van der Waals surface area contributed by atoms with Gasteiger partial charge in [-0.15, -0.1) is 0 Å². The molecule has 0 bridgehead atoms. The Hall–Kier alpha value is -2.89. The number of carbonyl (C=O) groups is 1. The van der Waals surface area contributed by atoms with Gasteiger partial charge in [0.2, 0.25) is 0 Å². The minimum absolute atomic E-state index is 0.0453. The Morgan fingerprint density at radius 1 is 1.26 bits per heavy atom. The van der Waals surface area contributed by atoms with Gasteiger partial charge < -0.3 is 14.2 Å². The number of carbonyl (C=O) groups excluding carboxylic acids is 1. The Kier molecular flexibility index (Phi) is 4.34. The molecule has 1 fully saturated rings. The number of amides is 1. The van der Waals surface area contributed by atoms with E-state index in [2.05, 4.69) is 34.8 Å². The number of aromatic nitrogens is 3. The minimum Gasteiger partial charge on any atom is -0.361 e. The number of anilines is 1. The van der Waals surface area contributed by atoms with E-state index in [-0.39, 0.29) is 11.3 Å². The third-order valence-corrected chi connectivity index (χ3v) is 5.43. The van der Waals surface area contributed by atoms with Gasteiger partial charge >= 0.3 is 0 Å². The Balaban J connectivity index is 1.68. The van der Waals surface area contributed by atoms with Gasteiger partial charge in [-0.3, -0.25) is 9.78 Å². The molecule has 4 heterocycles. The van der Waals surface area contributed by atoms with E-state index in [1.807, 2.05) is 36.0 Å². The molecule has 6 nitrogen and oxygen atoms in total. The number of piperidine rings is 1. The van der Waals surface area contributed by atoms with Crippen LogP contribution in [0.2, 0.25) is 0 Å². The van der Waals surface area contributed by atoms with Gasteiger partial charge in [0.1, 0.15) is 0 Å². The largest absolute Gasteiger partial charge is 0.361 e. The molecule has 1 amide bonds. The second-order valence-electron chi connectivity index (χ2n) is 7.78. The van der Waals surface area contributed by atoms with E-state index in [4.69, 9.17) is 4.98 Å². The molecule has 3 aromatic rings. The van der Waals surface area contributed by atoms with E-state index in [9.17, 15) is 4.79 Å². The number of rotatable bonds is 3. The zero-order valence-corrected chi connectivity index (χ0v) is 16.1. The van der Waals surface area contributed by atoms with Crippen LogP contribution in [0.1, 0.15) is 35.8 Å². The molecule has 0 spiro atoms. The average Bonchev–Trinajstić information content (AvgIpc) is 3.16. The van der Waals surface area contributed by atoms with E-state index in [1.165, 1.54) is 0 Å². The van der Waals surface area contributed by atoms with E-state index >= 15 is 0 Å². The molecule has 140 valence electrons. The highest BCUT2D eigenvalue weighted by molar-refractivity contribution is 5.94. The van der Waals surface area contributed by atoms with E-state index in [0.29, 0.717) is 12.1 Å². The van der Waals surface area contributed by atoms with E-state index < -0.39 is 0 Å². The lowest BCUT2D eigenvalue weighted by Gasteiger charge is -2.40. The van der Waals surface area contributed by atoms with Crippen molar-refractivity contribution in [1.82, 2.24) is 19.3 Å². The summed E-state index contributed by atoms with van der Waals surface area (Å²) in [5.41, 5.74) is 2.58. The topological polar surface area (TPSA) is 53.7 Å². The second kappa shape index (κ2) is 6.68. The van der Waals surface area contributed by atoms with Crippen LogP contribution in [0, 0.1) is 0 Å². The second-order valence-corrected chi connectivity index (χ2v) is 7.78. The van der Waals surface area contributed by atoms with Crippen molar-refractivity contribution in [3.05, 3.63) is 60.3 Å². The molecule has 1 saturated heterocycles. The van der Waals surface area contributed by atoms with Gasteiger partial charge in [0, 0.05) is 57.4 Å². The van der Waals surface area contributed by atoms with Crippen molar-refractivity contribution in [3.8, 4) is 0 Å². The maximum atomic E-state index is 12.9. The molecule has 0 unspecified atom stereocenters. The fourth-order valence-corrected chi connectivity index (χ4v) is 3.94. The first-order valence-electron chi connectivity index (χ1n) is 9.33. The van der Waals surface area contributed by atoms with Crippen LogP contribution < -0.4 is 4.90 Å². The number of likely N-dealkylation sites (tertiary alicyclic amines) is 1. The molecular formula is C21H25N5O. The highest BCUT2D eigenvalue weighted by Gasteiger charge is 2.37. The van der Waals surface area contributed by atoms with Crippen LogP contribution in [0.5, 0.6) is 0 Å². The summed E-state index contributed by atoms with van der Waals surface area (Å²) in [6, 6.07) is 7.75. The van der Waals surface area contributed by atoms with Crippen molar-refractivity contribution in [2.75, 3.05) is 32.1 Å². The zero-order valence-electron chi connectivity index (χ0n) is 16.1. The van der Waals surface area contributed by atoms with Crippen LogP contribution in [-0.4, -0.2) is 52.4 Å². The predicted molar refractivity (Wildman–Crippen MR) is 106 cm³/mol. The van der Waals surface area contributed by atoms with Crippen molar-refractivity contribution >= 4 is 17.2 Å². The minimum atomic E-state index is -0.181. The third-order valence-electron chi connectivity index (χ3n) is 5.43. The first-order chi connectivity index (χ1) is 13.0. The summed E-state index contributed by atoms with van der Waals surface area (Å²) >= 11 is 0. The van der Waals surface area contributed by atoms with Gasteiger partial charge in [-0.25, -0.2) is 4.98 Å². The molecule has 4 rings (SSSR count). The quantitative estimate of drug-likeness (QED) is 0.718. The van der Waals surface area contributed by atoms with Gasteiger partial charge in [-0.05, 0) is 37.1 Å². The van der Waals surface area contributed by atoms with Crippen molar-refractivity contribution in [2.24, 2.45) is 0 Å². The molecule has 6 heteroatoms. The highest BCUT2D eigenvalue weighted by atomic mass is 16.2. The fourth-order valence-electron chi connectivity index (χ4n) is 3.94. The molecule has 3 aromatic heterocycles. The monoisotopic (exact) mass is 363 g/mol. The SMILES string of the molecule is CN(C)c1nc([C@@]2(C)CCCN(C(=O)c3cccnc3)C2)cn2cccc12. The molecule has 27 heavy (non-hydrogen) atoms. The molecule has 0 N–H and O–H groups in total. The van der Waals surface area contributed by atoms with Crippen LogP contribution in [0.15, 0.2) is 49.1 Å². The van der Waals surface area contributed by atoms with Crippen LogP contribution in [0.25, 0.3) is 5.52 Å². The van der Waals surface area contributed by atoms with Gasteiger partial charge in [-0.1, -0.05) is 6.92 Å². The van der Waals surface area contributed by atoms with Crippen molar-refractivity contribution < 1.29 is 4.79 Å². The van der Waals surface area contributed by atoms with E-state index in [1.54, 1.807) is 18.5 Å². The van der Waals surface area contributed by atoms with Crippen molar-refractivity contribution in [2.45, 2.75) is 25.2 Å². The summed E-state index contributed by atoms with van der Waals surface area (Å²) < 4.78 is 2.13.